The molecule has 0 saturated heterocycles. The zero-order valence-electron chi connectivity index (χ0n) is 10.3. The van der Waals surface area contributed by atoms with Gasteiger partial charge >= 0.3 is 0 Å². The van der Waals surface area contributed by atoms with E-state index in [2.05, 4.69) is 12.0 Å². The summed E-state index contributed by atoms with van der Waals surface area (Å²) in [5.74, 6) is 0. The summed E-state index contributed by atoms with van der Waals surface area (Å²) in [5, 5.41) is 6.49. The van der Waals surface area contributed by atoms with Crippen molar-refractivity contribution in [1.29, 1.82) is 0 Å². The van der Waals surface area contributed by atoms with E-state index < -0.39 is 0 Å². The fourth-order valence-corrected chi connectivity index (χ4v) is 2.74. The van der Waals surface area contributed by atoms with Gasteiger partial charge in [-0.25, -0.2) is 4.68 Å². The highest BCUT2D eigenvalue weighted by Gasteiger charge is 2.11. The maximum atomic E-state index is 6.03. The molecule has 1 aromatic carbocycles. The molecule has 3 aromatic rings. The fourth-order valence-electron chi connectivity index (χ4n) is 1.88. The van der Waals surface area contributed by atoms with E-state index in [9.17, 15) is 0 Å². The lowest BCUT2D eigenvalue weighted by atomic mass is 10.2. The number of hydrogen-bond donors (Lipinski definition) is 1. The van der Waals surface area contributed by atoms with Crippen LogP contribution in [0, 0.1) is 6.92 Å². The monoisotopic (exact) mass is 289 g/mol. The highest BCUT2D eigenvalue weighted by Crippen LogP contribution is 2.31. The van der Waals surface area contributed by atoms with Crippen molar-refractivity contribution in [2.24, 2.45) is 0 Å². The number of thiophene rings is 1. The van der Waals surface area contributed by atoms with Crippen LogP contribution in [0.15, 0.2) is 41.9 Å². The quantitative estimate of drug-likeness (QED) is 0.770. The van der Waals surface area contributed by atoms with Crippen LogP contribution in [0.4, 0.5) is 5.69 Å². The van der Waals surface area contributed by atoms with Gasteiger partial charge in [0.15, 0.2) is 0 Å². The van der Waals surface area contributed by atoms with Crippen molar-refractivity contribution in [2.75, 3.05) is 5.73 Å². The van der Waals surface area contributed by atoms with Crippen LogP contribution in [-0.4, -0.2) is 9.78 Å². The SMILES string of the molecule is Cc1ccc(-n2cc(N)c(-c3csc(Cl)c3)n2)cc1. The molecule has 5 heteroatoms. The minimum absolute atomic E-state index is 0.648. The van der Waals surface area contributed by atoms with Crippen LogP contribution in [0.1, 0.15) is 5.56 Å². The number of nitrogens with two attached hydrogens (primary N) is 1. The van der Waals surface area contributed by atoms with Gasteiger partial charge in [-0.15, -0.1) is 11.3 Å². The van der Waals surface area contributed by atoms with Crippen molar-refractivity contribution in [2.45, 2.75) is 6.92 Å². The Morgan fingerprint density at radius 2 is 2.00 bits per heavy atom. The van der Waals surface area contributed by atoms with Crippen LogP contribution < -0.4 is 5.73 Å². The van der Waals surface area contributed by atoms with E-state index in [-0.39, 0.29) is 0 Å². The van der Waals surface area contributed by atoms with E-state index in [1.807, 2.05) is 41.9 Å². The molecular weight excluding hydrogens is 278 g/mol. The topological polar surface area (TPSA) is 43.8 Å². The van der Waals surface area contributed by atoms with Crippen LogP contribution in [0.5, 0.6) is 0 Å². The molecular formula is C14H12ClN3S. The summed E-state index contributed by atoms with van der Waals surface area (Å²) in [7, 11) is 0. The predicted molar refractivity (Wildman–Crippen MR) is 81.0 cm³/mol. The number of aryl methyl sites for hydroxylation is 1. The van der Waals surface area contributed by atoms with Gasteiger partial charge in [-0.3, -0.25) is 0 Å². The van der Waals surface area contributed by atoms with Crippen LogP contribution in [0.3, 0.4) is 0 Å². The second kappa shape index (κ2) is 4.72. The maximum Gasteiger partial charge on any atom is 0.117 e. The van der Waals surface area contributed by atoms with E-state index in [0.29, 0.717) is 5.69 Å². The molecule has 0 bridgehead atoms. The summed E-state index contributed by atoms with van der Waals surface area (Å²) in [4.78, 5) is 0. The molecule has 0 radical (unpaired) electrons. The molecule has 96 valence electrons. The summed E-state index contributed by atoms with van der Waals surface area (Å²) < 4.78 is 2.52. The lowest BCUT2D eigenvalue weighted by Gasteiger charge is -2.00. The van der Waals surface area contributed by atoms with Gasteiger partial charge in [0.2, 0.25) is 0 Å². The second-order valence-electron chi connectivity index (χ2n) is 4.35. The molecule has 0 aliphatic heterocycles. The Kier molecular flexibility index (Phi) is 3.05. The van der Waals surface area contributed by atoms with E-state index in [0.717, 1.165) is 21.3 Å². The number of nitrogens with zero attached hydrogens (tertiary/aromatic N) is 2. The fraction of sp³-hybridized carbons (Fsp3) is 0.0714. The van der Waals surface area contributed by atoms with Gasteiger partial charge in [0.1, 0.15) is 5.69 Å². The summed E-state index contributed by atoms with van der Waals surface area (Å²) in [6.07, 6.45) is 1.82. The number of rotatable bonds is 2. The molecule has 0 aliphatic rings. The molecule has 2 heterocycles. The number of aromatic nitrogens is 2. The minimum atomic E-state index is 0.648. The van der Waals surface area contributed by atoms with Gasteiger partial charge in [0.05, 0.1) is 21.9 Å². The Balaban J connectivity index is 2.04. The average molecular weight is 290 g/mol. The second-order valence-corrected chi connectivity index (χ2v) is 5.90. The van der Waals surface area contributed by atoms with Crippen molar-refractivity contribution in [1.82, 2.24) is 9.78 Å². The molecule has 0 amide bonds. The first kappa shape index (κ1) is 12.3. The molecule has 19 heavy (non-hydrogen) atoms. The summed E-state index contributed by atoms with van der Waals surface area (Å²) in [5.41, 5.74) is 10.6. The predicted octanol–water partition coefficient (Wildman–Crippen LogP) is 4.14. The van der Waals surface area contributed by atoms with Gasteiger partial charge in [0.25, 0.3) is 0 Å². The van der Waals surface area contributed by atoms with Crippen molar-refractivity contribution in [3.63, 3.8) is 0 Å². The van der Waals surface area contributed by atoms with Gasteiger partial charge in [-0.05, 0) is 25.1 Å². The summed E-state index contributed by atoms with van der Waals surface area (Å²) in [6, 6.07) is 10.0. The van der Waals surface area contributed by atoms with Crippen LogP contribution in [-0.2, 0) is 0 Å². The van der Waals surface area contributed by atoms with Crippen molar-refractivity contribution < 1.29 is 0 Å². The number of hydrogen-bond acceptors (Lipinski definition) is 3. The van der Waals surface area contributed by atoms with Crippen molar-refractivity contribution in [3.05, 3.63) is 51.8 Å². The number of anilines is 1. The average Bonchev–Trinajstić information content (AvgIpc) is 2.96. The van der Waals surface area contributed by atoms with E-state index >= 15 is 0 Å². The van der Waals surface area contributed by atoms with Gasteiger partial charge in [-0.1, -0.05) is 29.3 Å². The highest BCUT2D eigenvalue weighted by molar-refractivity contribution is 7.14. The molecule has 0 aliphatic carbocycles. The smallest absolute Gasteiger partial charge is 0.117 e. The Labute approximate surface area is 120 Å². The molecule has 2 aromatic heterocycles. The lowest BCUT2D eigenvalue weighted by Crippen LogP contribution is -1.94. The minimum Gasteiger partial charge on any atom is -0.396 e. The Bertz CT molecular complexity index is 713. The first-order chi connectivity index (χ1) is 9.13. The molecule has 0 spiro atoms. The number of halogens is 1. The normalized spacial score (nSPS) is 10.8. The molecule has 0 unspecified atom stereocenters. The third kappa shape index (κ3) is 2.37. The van der Waals surface area contributed by atoms with Gasteiger partial charge in [0, 0.05) is 10.9 Å². The molecule has 2 N–H and O–H groups in total. The molecule has 3 rings (SSSR count). The first-order valence-corrected chi connectivity index (χ1v) is 7.06. The van der Waals surface area contributed by atoms with Crippen LogP contribution in [0.25, 0.3) is 16.9 Å². The van der Waals surface area contributed by atoms with E-state index in [1.54, 1.807) is 4.68 Å². The van der Waals surface area contributed by atoms with Gasteiger partial charge in [-0.2, -0.15) is 5.10 Å². The third-order valence-electron chi connectivity index (χ3n) is 2.88. The molecule has 0 fully saturated rings. The van der Waals surface area contributed by atoms with E-state index in [4.69, 9.17) is 17.3 Å². The molecule has 0 saturated carbocycles. The maximum absolute atomic E-state index is 6.03. The molecule has 3 nitrogen and oxygen atoms in total. The van der Waals surface area contributed by atoms with Crippen LogP contribution >= 0.6 is 22.9 Å². The number of benzene rings is 1. The Hall–Kier alpha value is -1.78. The standard InChI is InChI=1S/C14H12ClN3S/c1-9-2-4-11(5-3-9)18-7-12(16)14(17-18)10-6-13(15)19-8-10/h2-8H,16H2,1H3. The van der Waals surface area contributed by atoms with Gasteiger partial charge < -0.3 is 5.73 Å². The largest absolute Gasteiger partial charge is 0.396 e. The summed E-state index contributed by atoms with van der Waals surface area (Å²) >= 11 is 7.42. The zero-order valence-corrected chi connectivity index (χ0v) is 11.9. The van der Waals surface area contributed by atoms with Crippen molar-refractivity contribution >= 4 is 28.6 Å². The molecule has 0 atom stereocenters. The van der Waals surface area contributed by atoms with Crippen LogP contribution in [0.2, 0.25) is 4.34 Å². The van der Waals surface area contributed by atoms with E-state index in [1.165, 1.54) is 16.9 Å². The summed E-state index contributed by atoms with van der Waals surface area (Å²) in [6.45, 7) is 2.06. The Morgan fingerprint density at radius 3 is 2.63 bits per heavy atom. The highest BCUT2D eigenvalue weighted by atomic mass is 35.5. The first-order valence-electron chi connectivity index (χ1n) is 5.80. The lowest BCUT2D eigenvalue weighted by molar-refractivity contribution is 0.884. The third-order valence-corrected chi connectivity index (χ3v) is 3.97. The number of nitrogen functional groups attached to an aromatic ring is 1. The zero-order chi connectivity index (χ0) is 13.4. The van der Waals surface area contributed by atoms with Crippen molar-refractivity contribution in [3.8, 4) is 16.9 Å². The Morgan fingerprint density at radius 1 is 1.26 bits per heavy atom.